The van der Waals surface area contributed by atoms with Crippen LogP contribution in [0.3, 0.4) is 0 Å². The van der Waals surface area contributed by atoms with Crippen molar-refractivity contribution in [2.45, 2.75) is 0 Å². The SMILES string of the molecule is CNS(=O)(=O)CCNC(=O)c1cncc(/C=C/C(=O)O)c1. The van der Waals surface area contributed by atoms with Crippen molar-refractivity contribution in [3.8, 4) is 0 Å². The Kier molecular flexibility index (Phi) is 6.00. The van der Waals surface area contributed by atoms with Crippen molar-refractivity contribution in [3.05, 3.63) is 35.7 Å². The van der Waals surface area contributed by atoms with E-state index in [4.69, 9.17) is 5.11 Å². The number of carbonyl (C=O) groups excluding carboxylic acids is 1. The van der Waals surface area contributed by atoms with Gasteiger partial charge in [-0.3, -0.25) is 9.78 Å². The van der Waals surface area contributed by atoms with Gasteiger partial charge in [0.1, 0.15) is 0 Å². The Labute approximate surface area is 121 Å². The van der Waals surface area contributed by atoms with Gasteiger partial charge in [-0.1, -0.05) is 0 Å². The van der Waals surface area contributed by atoms with Gasteiger partial charge < -0.3 is 10.4 Å². The Hall–Kier alpha value is -2.26. The fraction of sp³-hybridized carbons (Fsp3) is 0.250. The summed E-state index contributed by atoms with van der Waals surface area (Å²) in [5.74, 6) is -1.83. The van der Waals surface area contributed by atoms with Crippen LogP contribution in [-0.4, -0.2) is 49.7 Å². The van der Waals surface area contributed by atoms with E-state index in [1.54, 1.807) is 0 Å². The zero-order chi connectivity index (χ0) is 15.9. The Morgan fingerprint density at radius 3 is 2.71 bits per heavy atom. The van der Waals surface area contributed by atoms with E-state index in [2.05, 4.69) is 15.0 Å². The molecule has 0 radical (unpaired) electrons. The van der Waals surface area contributed by atoms with E-state index in [1.807, 2.05) is 0 Å². The number of carboxylic acids is 1. The van der Waals surface area contributed by atoms with Crippen LogP contribution < -0.4 is 10.0 Å². The van der Waals surface area contributed by atoms with Crippen molar-refractivity contribution < 1.29 is 23.1 Å². The van der Waals surface area contributed by atoms with Crippen LogP contribution in [-0.2, 0) is 14.8 Å². The summed E-state index contributed by atoms with van der Waals surface area (Å²) in [4.78, 5) is 26.0. The summed E-state index contributed by atoms with van der Waals surface area (Å²) in [6.45, 7) is -0.0444. The zero-order valence-corrected chi connectivity index (χ0v) is 12.1. The first-order valence-electron chi connectivity index (χ1n) is 5.89. The predicted octanol–water partition coefficient (Wildman–Crippen LogP) is -0.542. The Morgan fingerprint density at radius 1 is 1.38 bits per heavy atom. The van der Waals surface area contributed by atoms with Crippen LogP contribution in [0.1, 0.15) is 15.9 Å². The molecule has 21 heavy (non-hydrogen) atoms. The molecule has 0 fully saturated rings. The third-order valence-corrected chi connectivity index (χ3v) is 3.77. The molecule has 0 aliphatic rings. The first kappa shape index (κ1) is 16.8. The van der Waals surface area contributed by atoms with Gasteiger partial charge in [-0.15, -0.1) is 0 Å². The molecule has 0 saturated heterocycles. The van der Waals surface area contributed by atoms with Gasteiger partial charge in [-0.25, -0.2) is 17.9 Å². The fourth-order valence-corrected chi connectivity index (χ4v) is 1.92. The molecule has 0 aromatic carbocycles. The van der Waals surface area contributed by atoms with Crippen molar-refractivity contribution in [1.82, 2.24) is 15.0 Å². The Balaban J connectivity index is 2.66. The number of sulfonamides is 1. The third kappa shape index (κ3) is 6.15. The first-order chi connectivity index (χ1) is 9.84. The van der Waals surface area contributed by atoms with Gasteiger partial charge in [-0.05, 0) is 24.8 Å². The van der Waals surface area contributed by atoms with Crippen LogP contribution in [0.25, 0.3) is 6.08 Å². The quantitative estimate of drug-likeness (QED) is 0.580. The maximum absolute atomic E-state index is 11.8. The molecule has 114 valence electrons. The minimum atomic E-state index is -3.38. The molecule has 1 rings (SSSR count). The molecule has 1 aromatic rings. The van der Waals surface area contributed by atoms with Crippen molar-refractivity contribution in [1.29, 1.82) is 0 Å². The van der Waals surface area contributed by atoms with Crippen LogP contribution in [0, 0.1) is 0 Å². The highest BCUT2D eigenvalue weighted by Crippen LogP contribution is 2.04. The molecule has 0 aliphatic carbocycles. The topological polar surface area (TPSA) is 125 Å². The van der Waals surface area contributed by atoms with Crippen molar-refractivity contribution in [2.75, 3.05) is 19.3 Å². The molecular weight excluding hydrogens is 298 g/mol. The molecule has 0 spiro atoms. The molecule has 8 nitrogen and oxygen atoms in total. The van der Waals surface area contributed by atoms with Gasteiger partial charge in [0.2, 0.25) is 10.0 Å². The van der Waals surface area contributed by atoms with Gasteiger partial charge in [0.05, 0.1) is 11.3 Å². The second-order valence-electron chi connectivity index (χ2n) is 3.96. The molecule has 0 atom stereocenters. The second kappa shape index (κ2) is 7.50. The van der Waals surface area contributed by atoms with Crippen LogP contribution in [0.15, 0.2) is 24.5 Å². The van der Waals surface area contributed by atoms with Gasteiger partial charge in [0.15, 0.2) is 0 Å². The van der Waals surface area contributed by atoms with E-state index in [-0.39, 0.29) is 17.9 Å². The highest BCUT2D eigenvalue weighted by atomic mass is 32.2. The molecule has 1 heterocycles. The second-order valence-corrected chi connectivity index (χ2v) is 6.00. The van der Waals surface area contributed by atoms with Gasteiger partial charge >= 0.3 is 5.97 Å². The number of nitrogens with one attached hydrogen (secondary N) is 2. The molecule has 0 aliphatic heterocycles. The molecule has 0 unspecified atom stereocenters. The third-order valence-electron chi connectivity index (χ3n) is 2.41. The van der Waals surface area contributed by atoms with Crippen molar-refractivity contribution in [3.63, 3.8) is 0 Å². The summed E-state index contributed by atoms with van der Waals surface area (Å²) in [6, 6.07) is 1.45. The lowest BCUT2D eigenvalue weighted by Gasteiger charge is -2.06. The normalized spacial score (nSPS) is 11.5. The van der Waals surface area contributed by atoms with Gasteiger partial charge in [0, 0.05) is 25.0 Å². The monoisotopic (exact) mass is 313 g/mol. The Bertz CT molecular complexity index is 655. The highest BCUT2D eigenvalue weighted by Gasteiger charge is 2.10. The lowest BCUT2D eigenvalue weighted by atomic mass is 10.2. The summed E-state index contributed by atoms with van der Waals surface area (Å²) in [7, 11) is -2.09. The van der Waals surface area contributed by atoms with Gasteiger partial charge in [0.25, 0.3) is 5.91 Å². The van der Waals surface area contributed by atoms with Gasteiger partial charge in [-0.2, -0.15) is 0 Å². The smallest absolute Gasteiger partial charge is 0.328 e. The maximum Gasteiger partial charge on any atom is 0.328 e. The maximum atomic E-state index is 11.8. The van der Waals surface area contributed by atoms with E-state index >= 15 is 0 Å². The molecule has 9 heteroatoms. The number of carbonyl (C=O) groups is 2. The minimum Gasteiger partial charge on any atom is -0.478 e. The number of nitrogens with zero attached hydrogens (tertiary/aromatic N) is 1. The summed E-state index contributed by atoms with van der Waals surface area (Å²) in [5.41, 5.74) is 0.664. The number of aromatic nitrogens is 1. The summed E-state index contributed by atoms with van der Waals surface area (Å²) in [6.07, 6.45) is 4.94. The Morgan fingerprint density at radius 2 is 2.10 bits per heavy atom. The molecule has 0 bridgehead atoms. The van der Waals surface area contributed by atoms with E-state index < -0.39 is 21.9 Å². The molecular formula is C12H15N3O5S. The van der Waals surface area contributed by atoms with Crippen LogP contribution >= 0.6 is 0 Å². The summed E-state index contributed by atoms with van der Waals surface area (Å²) < 4.78 is 24.5. The van der Waals surface area contributed by atoms with E-state index in [0.717, 1.165) is 6.08 Å². The number of hydrogen-bond donors (Lipinski definition) is 3. The average Bonchev–Trinajstić information content (AvgIpc) is 2.45. The number of rotatable bonds is 7. The van der Waals surface area contributed by atoms with E-state index in [9.17, 15) is 18.0 Å². The van der Waals surface area contributed by atoms with E-state index in [0.29, 0.717) is 5.56 Å². The molecule has 1 aromatic heterocycles. The number of carboxylic acid groups (broad SMARTS) is 1. The zero-order valence-electron chi connectivity index (χ0n) is 11.2. The fourth-order valence-electron chi connectivity index (χ4n) is 1.34. The average molecular weight is 313 g/mol. The largest absolute Gasteiger partial charge is 0.478 e. The lowest BCUT2D eigenvalue weighted by molar-refractivity contribution is -0.131. The minimum absolute atomic E-state index is 0.0444. The van der Waals surface area contributed by atoms with E-state index in [1.165, 1.54) is 31.6 Å². The number of pyridine rings is 1. The van der Waals surface area contributed by atoms with Crippen LogP contribution in [0.5, 0.6) is 0 Å². The number of amides is 1. The molecule has 1 amide bonds. The van der Waals surface area contributed by atoms with Crippen molar-refractivity contribution >= 4 is 28.0 Å². The standard InChI is InChI=1S/C12H15N3O5S/c1-13-21(19,20)5-4-15-12(18)10-6-9(7-14-8-10)2-3-11(16)17/h2-3,6-8,13H,4-5H2,1H3,(H,15,18)(H,16,17)/b3-2+. The molecule has 3 N–H and O–H groups in total. The number of hydrogen-bond acceptors (Lipinski definition) is 5. The summed E-state index contributed by atoms with van der Waals surface area (Å²) >= 11 is 0. The highest BCUT2D eigenvalue weighted by molar-refractivity contribution is 7.89. The first-order valence-corrected chi connectivity index (χ1v) is 7.55. The molecule has 0 saturated carbocycles. The predicted molar refractivity (Wildman–Crippen MR) is 76.1 cm³/mol. The number of aliphatic carboxylic acids is 1. The van der Waals surface area contributed by atoms with Crippen molar-refractivity contribution in [2.24, 2.45) is 0 Å². The lowest BCUT2D eigenvalue weighted by Crippen LogP contribution is -2.33. The van der Waals surface area contributed by atoms with Crippen LogP contribution in [0.2, 0.25) is 0 Å². The van der Waals surface area contributed by atoms with Crippen LogP contribution in [0.4, 0.5) is 0 Å². The summed E-state index contributed by atoms with van der Waals surface area (Å²) in [5, 5.41) is 11.0.